The number of anilines is 3. The van der Waals surface area contributed by atoms with Crippen molar-refractivity contribution in [2.24, 2.45) is 0 Å². The molecule has 148 valence electrons. The third-order valence-electron chi connectivity index (χ3n) is 3.77. The molecule has 0 aliphatic rings. The summed E-state index contributed by atoms with van der Waals surface area (Å²) in [4.78, 5) is 24.7. The van der Waals surface area contributed by atoms with Gasteiger partial charge in [0.05, 0.1) is 5.69 Å². The average Bonchev–Trinajstić information content (AvgIpc) is 2.70. The van der Waals surface area contributed by atoms with Gasteiger partial charge in [0.2, 0.25) is 0 Å². The number of amides is 2. The number of carboxylic acid groups (broad SMARTS) is 1. The van der Waals surface area contributed by atoms with Crippen LogP contribution in [0.4, 0.5) is 21.9 Å². The zero-order valence-electron chi connectivity index (χ0n) is 15.0. The molecule has 0 heterocycles. The molecule has 9 heteroatoms. The molecule has 0 saturated carbocycles. The third kappa shape index (κ3) is 5.90. The van der Waals surface area contributed by atoms with Crippen LogP contribution in [0, 0.1) is 0 Å². The van der Waals surface area contributed by atoms with E-state index in [0.717, 1.165) is 20.0 Å². The Morgan fingerprint density at radius 3 is 2.21 bits per heavy atom. The van der Waals surface area contributed by atoms with Gasteiger partial charge < -0.3 is 10.8 Å². The van der Waals surface area contributed by atoms with Crippen LogP contribution in [0.5, 0.6) is 0 Å². The van der Waals surface area contributed by atoms with E-state index in [1.54, 1.807) is 42.5 Å². The standard InChI is InChI=1S/C20H17BrN4O3S/c21-13-2-4-15(5-3-13)24-25-19(26)12-1-10-18(17(22)11-12)29-16-8-6-14(7-9-16)23-20(27)28/h1-11,23-24H,22H2,(H,25,26)(H,27,28). The Balaban J connectivity index is 1.62. The fourth-order valence-corrected chi connectivity index (χ4v) is 3.48. The van der Waals surface area contributed by atoms with E-state index in [1.165, 1.54) is 11.8 Å². The molecule has 0 aromatic heterocycles. The quantitative estimate of drug-likeness (QED) is 0.253. The van der Waals surface area contributed by atoms with E-state index in [1.807, 2.05) is 24.3 Å². The van der Waals surface area contributed by atoms with Crippen molar-refractivity contribution in [2.45, 2.75) is 9.79 Å². The Hall–Kier alpha value is -3.17. The van der Waals surface area contributed by atoms with Crippen LogP contribution in [-0.4, -0.2) is 17.1 Å². The summed E-state index contributed by atoms with van der Waals surface area (Å²) in [5.74, 6) is -0.305. The number of nitrogen functional groups attached to an aromatic ring is 1. The van der Waals surface area contributed by atoms with Crippen molar-refractivity contribution in [3.63, 3.8) is 0 Å². The highest BCUT2D eigenvalue weighted by atomic mass is 79.9. The fourth-order valence-electron chi connectivity index (χ4n) is 2.37. The lowest BCUT2D eigenvalue weighted by molar-refractivity contribution is 0.0962. The second-order valence-corrected chi connectivity index (χ2v) is 7.93. The summed E-state index contributed by atoms with van der Waals surface area (Å²) in [6, 6.07) is 19.4. The molecule has 3 aromatic rings. The molecular formula is C20H17BrN4O3S. The van der Waals surface area contributed by atoms with Crippen molar-refractivity contribution in [3.05, 3.63) is 76.8 Å². The van der Waals surface area contributed by atoms with E-state index in [-0.39, 0.29) is 5.91 Å². The van der Waals surface area contributed by atoms with Crippen LogP contribution in [0.25, 0.3) is 0 Å². The third-order valence-corrected chi connectivity index (χ3v) is 5.40. The molecule has 0 bridgehead atoms. The number of hydrazine groups is 1. The van der Waals surface area contributed by atoms with Crippen LogP contribution in [0.15, 0.2) is 81.0 Å². The highest BCUT2D eigenvalue weighted by Crippen LogP contribution is 2.33. The summed E-state index contributed by atoms with van der Waals surface area (Å²) in [7, 11) is 0. The molecule has 6 N–H and O–H groups in total. The first kappa shape index (κ1) is 20.6. The van der Waals surface area contributed by atoms with E-state index in [9.17, 15) is 9.59 Å². The monoisotopic (exact) mass is 472 g/mol. The van der Waals surface area contributed by atoms with Gasteiger partial charge in [-0.15, -0.1) is 0 Å². The van der Waals surface area contributed by atoms with E-state index >= 15 is 0 Å². The maximum Gasteiger partial charge on any atom is 0.409 e. The lowest BCUT2D eigenvalue weighted by Gasteiger charge is -2.11. The summed E-state index contributed by atoms with van der Waals surface area (Å²) in [5, 5.41) is 11.0. The highest BCUT2D eigenvalue weighted by molar-refractivity contribution is 9.10. The number of hydrogen-bond donors (Lipinski definition) is 5. The molecule has 3 aromatic carbocycles. The molecule has 0 radical (unpaired) electrons. The SMILES string of the molecule is Nc1cc(C(=O)NNc2ccc(Br)cc2)ccc1Sc1ccc(NC(=O)O)cc1. The Morgan fingerprint density at radius 1 is 0.931 bits per heavy atom. The molecule has 0 unspecified atom stereocenters. The Bertz CT molecular complexity index is 1030. The minimum atomic E-state index is -1.11. The van der Waals surface area contributed by atoms with Gasteiger partial charge in [-0.1, -0.05) is 27.7 Å². The second kappa shape index (κ2) is 9.35. The summed E-state index contributed by atoms with van der Waals surface area (Å²) < 4.78 is 0.947. The van der Waals surface area contributed by atoms with Gasteiger partial charge in [0.15, 0.2) is 0 Å². The minimum absolute atomic E-state index is 0.305. The Morgan fingerprint density at radius 2 is 1.59 bits per heavy atom. The van der Waals surface area contributed by atoms with Crippen molar-refractivity contribution in [1.82, 2.24) is 5.43 Å². The van der Waals surface area contributed by atoms with Crippen molar-refractivity contribution in [1.29, 1.82) is 0 Å². The van der Waals surface area contributed by atoms with E-state index < -0.39 is 6.09 Å². The minimum Gasteiger partial charge on any atom is -0.465 e. The molecule has 29 heavy (non-hydrogen) atoms. The number of carbonyl (C=O) groups excluding carboxylic acids is 1. The molecular weight excluding hydrogens is 456 g/mol. The molecule has 2 amide bonds. The molecule has 7 nitrogen and oxygen atoms in total. The lowest BCUT2D eigenvalue weighted by Crippen LogP contribution is -2.29. The Kier molecular flexibility index (Phi) is 6.63. The van der Waals surface area contributed by atoms with Crippen LogP contribution in [0.3, 0.4) is 0 Å². The Labute approximate surface area is 179 Å². The first-order valence-electron chi connectivity index (χ1n) is 8.40. The first-order chi connectivity index (χ1) is 13.9. The summed E-state index contributed by atoms with van der Waals surface area (Å²) in [6.07, 6.45) is -1.11. The predicted molar refractivity (Wildman–Crippen MR) is 118 cm³/mol. The molecule has 0 atom stereocenters. The van der Waals surface area contributed by atoms with Gasteiger partial charge in [0.25, 0.3) is 5.91 Å². The van der Waals surface area contributed by atoms with E-state index in [0.29, 0.717) is 16.9 Å². The largest absolute Gasteiger partial charge is 0.465 e. The fraction of sp³-hybridized carbons (Fsp3) is 0. The molecule has 3 rings (SSSR count). The van der Waals surface area contributed by atoms with Gasteiger partial charge in [-0.3, -0.25) is 21.0 Å². The van der Waals surface area contributed by atoms with Crippen molar-refractivity contribution < 1.29 is 14.7 Å². The van der Waals surface area contributed by atoms with E-state index in [2.05, 4.69) is 32.1 Å². The number of benzene rings is 3. The van der Waals surface area contributed by atoms with Crippen LogP contribution >= 0.6 is 27.7 Å². The van der Waals surface area contributed by atoms with Gasteiger partial charge in [0, 0.05) is 31.2 Å². The van der Waals surface area contributed by atoms with Crippen LogP contribution in [0.2, 0.25) is 0 Å². The predicted octanol–water partition coefficient (Wildman–Crippen LogP) is 5.03. The van der Waals surface area contributed by atoms with Crippen molar-refractivity contribution in [3.8, 4) is 0 Å². The molecule has 0 saturated heterocycles. The lowest BCUT2D eigenvalue weighted by atomic mass is 10.2. The summed E-state index contributed by atoms with van der Waals surface area (Å²) >= 11 is 4.78. The first-order valence-corrected chi connectivity index (χ1v) is 10.0. The summed E-state index contributed by atoms with van der Waals surface area (Å²) in [5.41, 5.74) is 13.7. The molecule has 0 aliphatic heterocycles. The van der Waals surface area contributed by atoms with Crippen molar-refractivity contribution >= 4 is 56.8 Å². The van der Waals surface area contributed by atoms with Gasteiger partial charge >= 0.3 is 6.09 Å². The smallest absolute Gasteiger partial charge is 0.409 e. The number of nitrogens with one attached hydrogen (secondary N) is 3. The van der Waals surface area contributed by atoms with Crippen LogP contribution in [0.1, 0.15) is 10.4 Å². The number of halogens is 1. The van der Waals surface area contributed by atoms with Gasteiger partial charge in [-0.25, -0.2) is 4.79 Å². The molecule has 0 aliphatic carbocycles. The second-order valence-electron chi connectivity index (χ2n) is 5.90. The highest BCUT2D eigenvalue weighted by Gasteiger charge is 2.09. The number of carbonyl (C=O) groups is 2. The maximum absolute atomic E-state index is 12.3. The number of rotatable bonds is 6. The van der Waals surface area contributed by atoms with Gasteiger partial charge in [0.1, 0.15) is 0 Å². The zero-order chi connectivity index (χ0) is 20.8. The van der Waals surface area contributed by atoms with Gasteiger partial charge in [-0.05, 0) is 66.7 Å². The van der Waals surface area contributed by atoms with Crippen molar-refractivity contribution in [2.75, 3.05) is 16.5 Å². The topological polar surface area (TPSA) is 116 Å². The summed E-state index contributed by atoms with van der Waals surface area (Å²) in [6.45, 7) is 0. The maximum atomic E-state index is 12.3. The molecule has 0 fully saturated rings. The van der Waals surface area contributed by atoms with Gasteiger partial charge in [-0.2, -0.15) is 0 Å². The number of nitrogens with two attached hydrogens (primary N) is 1. The zero-order valence-corrected chi connectivity index (χ0v) is 17.4. The van der Waals surface area contributed by atoms with E-state index in [4.69, 9.17) is 10.8 Å². The average molecular weight is 473 g/mol. The normalized spacial score (nSPS) is 10.2. The molecule has 0 spiro atoms. The van der Waals surface area contributed by atoms with Crippen LogP contribution < -0.4 is 21.9 Å². The number of hydrogen-bond acceptors (Lipinski definition) is 5. The van der Waals surface area contributed by atoms with Crippen LogP contribution in [-0.2, 0) is 0 Å².